The average Bonchev–Trinajstić information content (AvgIpc) is 2.42. The Kier molecular flexibility index (Phi) is 7.58. The van der Waals surface area contributed by atoms with E-state index in [1.54, 1.807) is 6.20 Å². The third-order valence-corrected chi connectivity index (χ3v) is 3.15. The normalized spacial score (nSPS) is 11.1. The van der Waals surface area contributed by atoms with Gasteiger partial charge in [0.15, 0.2) is 0 Å². The van der Waals surface area contributed by atoms with Crippen LogP contribution in [0.1, 0.15) is 13.3 Å². The second-order valence-electron chi connectivity index (χ2n) is 4.88. The van der Waals surface area contributed by atoms with Crippen LogP contribution in [0.4, 0.5) is 5.69 Å². The topological polar surface area (TPSA) is 62.2 Å². The summed E-state index contributed by atoms with van der Waals surface area (Å²) >= 11 is 6.08. The molecule has 0 aliphatic carbocycles. The Labute approximate surface area is 125 Å². The monoisotopic (exact) mass is 301 g/mol. The molecule has 0 amide bonds. The molecule has 20 heavy (non-hydrogen) atoms. The molecule has 0 atom stereocenters. The standard InChI is InChI=1S/C13H24ClN5O/c1-4-5-15-6-7-16-11-10-17-19(9-8-18(2)3)13(20)12(11)14/h10,15-16H,4-9H2,1-3H3. The van der Waals surface area contributed by atoms with Gasteiger partial charge in [-0.05, 0) is 27.1 Å². The van der Waals surface area contributed by atoms with Crippen LogP contribution in [-0.4, -0.2) is 55.0 Å². The van der Waals surface area contributed by atoms with Gasteiger partial charge in [-0.15, -0.1) is 0 Å². The number of hydrogen-bond donors (Lipinski definition) is 2. The van der Waals surface area contributed by atoms with Crippen molar-refractivity contribution >= 4 is 17.3 Å². The Bertz CT molecular complexity index is 461. The van der Waals surface area contributed by atoms with Crippen molar-refractivity contribution in [3.63, 3.8) is 0 Å². The first kappa shape index (κ1) is 16.9. The molecule has 0 aliphatic heterocycles. The van der Waals surface area contributed by atoms with Gasteiger partial charge in [0.25, 0.3) is 5.56 Å². The minimum Gasteiger partial charge on any atom is -0.381 e. The van der Waals surface area contributed by atoms with Crippen molar-refractivity contribution in [2.45, 2.75) is 19.9 Å². The summed E-state index contributed by atoms with van der Waals surface area (Å²) in [7, 11) is 3.90. The molecule has 7 heteroatoms. The molecule has 0 aliphatic rings. The molecule has 0 saturated carbocycles. The SMILES string of the molecule is CCCNCCNc1cnn(CCN(C)C)c(=O)c1Cl. The van der Waals surface area contributed by atoms with Crippen LogP contribution in [0.5, 0.6) is 0 Å². The number of likely N-dealkylation sites (N-methyl/N-ethyl adjacent to an activating group) is 1. The molecule has 0 bridgehead atoms. The molecule has 0 aromatic carbocycles. The molecule has 0 radical (unpaired) electrons. The van der Waals surface area contributed by atoms with E-state index in [1.165, 1.54) is 4.68 Å². The Hall–Kier alpha value is -1.11. The van der Waals surface area contributed by atoms with E-state index in [2.05, 4.69) is 22.7 Å². The zero-order valence-corrected chi connectivity index (χ0v) is 13.2. The Morgan fingerprint density at radius 1 is 1.35 bits per heavy atom. The van der Waals surface area contributed by atoms with E-state index in [0.29, 0.717) is 18.8 Å². The number of nitrogens with one attached hydrogen (secondary N) is 2. The minimum absolute atomic E-state index is 0.203. The van der Waals surface area contributed by atoms with E-state index in [0.717, 1.165) is 26.1 Å². The van der Waals surface area contributed by atoms with Gasteiger partial charge in [-0.2, -0.15) is 5.10 Å². The molecule has 6 nitrogen and oxygen atoms in total. The van der Waals surface area contributed by atoms with Crippen LogP contribution in [0.3, 0.4) is 0 Å². The van der Waals surface area contributed by atoms with Gasteiger partial charge in [0, 0.05) is 19.6 Å². The smallest absolute Gasteiger partial charge is 0.287 e. The lowest BCUT2D eigenvalue weighted by atomic mass is 10.4. The van der Waals surface area contributed by atoms with Crippen LogP contribution >= 0.6 is 11.6 Å². The van der Waals surface area contributed by atoms with Crippen molar-refractivity contribution < 1.29 is 0 Å². The van der Waals surface area contributed by atoms with E-state index in [-0.39, 0.29) is 10.6 Å². The second-order valence-corrected chi connectivity index (χ2v) is 5.26. The molecule has 1 heterocycles. The molecule has 2 N–H and O–H groups in total. The molecule has 114 valence electrons. The van der Waals surface area contributed by atoms with Crippen LogP contribution in [-0.2, 0) is 6.54 Å². The van der Waals surface area contributed by atoms with E-state index in [4.69, 9.17) is 11.6 Å². The lowest BCUT2D eigenvalue weighted by Crippen LogP contribution is -2.30. The number of halogens is 1. The van der Waals surface area contributed by atoms with Gasteiger partial charge >= 0.3 is 0 Å². The Balaban J connectivity index is 2.57. The Morgan fingerprint density at radius 3 is 2.75 bits per heavy atom. The highest BCUT2D eigenvalue weighted by molar-refractivity contribution is 6.32. The van der Waals surface area contributed by atoms with E-state index in [1.807, 2.05) is 19.0 Å². The molecule has 0 unspecified atom stereocenters. The maximum atomic E-state index is 12.0. The van der Waals surface area contributed by atoms with Crippen LogP contribution in [0.2, 0.25) is 5.02 Å². The summed E-state index contributed by atoms with van der Waals surface area (Å²) in [6.07, 6.45) is 2.71. The summed E-state index contributed by atoms with van der Waals surface area (Å²) < 4.78 is 1.39. The third kappa shape index (κ3) is 5.48. The lowest BCUT2D eigenvalue weighted by Gasteiger charge is -2.12. The zero-order chi connectivity index (χ0) is 15.0. The van der Waals surface area contributed by atoms with Gasteiger partial charge in [-0.1, -0.05) is 18.5 Å². The molecule has 0 saturated heterocycles. The van der Waals surface area contributed by atoms with Crippen molar-refractivity contribution in [1.29, 1.82) is 0 Å². The van der Waals surface area contributed by atoms with E-state index in [9.17, 15) is 4.79 Å². The van der Waals surface area contributed by atoms with Gasteiger partial charge in [-0.25, -0.2) is 4.68 Å². The third-order valence-electron chi connectivity index (χ3n) is 2.79. The number of rotatable bonds is 9. The lowest BCUT2D eigenvalue weighted by molar-refractivity contribution is 0.367. The summed E-state index contributed by atoms with van der Waals surface area (Å²) in [5.74, 6) is 0. The fourth-order valence-corrected chi connectivity index (χ4v) is 1.84. The first-order chi connectivity index (χ1) is 9.56. The van der Waals surface area contributed by atoms with E-state index < -0.39 is 0 Å². The molecular formula is C13H24ClN5O. The van der Waals surface area contributed by atoms with Crippen LogP contribution in [0.25, 0.3) is 0 Å². The van der Waals surface area contributed by atoms with Gasteiger partial charge < -0.3 is 15.5 Å². The quantitative estimate of drug-likeness (QED) is 0.663. The van der Waals surface area contributed by atoms with Crippen molar-refractivity contribution in [1.82, 2.24) is 20.0 Å². The number of aromatic nitrogens is 2. The fraction of sp³-hybridized carbons (Fsp3) is 0.692. The van der Waals surface area contributed by atoms with Crippen molar-refractivity contribution in [2.24, 2.45) is 0 Å². The first-order valence-electron chi connectivity index (χ1n) is 6.91. The predicted octanol–water partition coefficient (Wildman–Crippen LogP) is 0.870. The van der Waals surface area contributed by atoms with Gasteiger partial charge in [0.05, 0.1) is 18.4 Å². The van der Waals surface area contributed by atoms with Crippen molar-refractivity contribution in [3.05, 3.63) is 21.6 Å². The first-order valence-corrected chi connectivity index (χ1v) is 7.29. The van der Waals surface area contributed by atoms with E-state index >= 15 is 0 Å². The summed E-state index contributed by atoms with van der Waals surface area (Å²) in [6, 6.07) is 0. The highest BCUT2D eigenvalue weighted by Gasteiger charge is 2.08. The number of anilines is 1. The zero-order valence-electron chi connectivity index (χ0n) is 12.4. The molecule has 0 spiro atoms. The summed E-state index contributed by atoms with van der Waals surface area (Å²) in [6.45, 7) is 5.92. The maximum Gasteiger partial charge on any atom is 0.287 e. The van der Waals surface area contributed by atoms with Crippen LogP contribution < -0.4 is 16.2 Å². The molecule has 0 fully saturated rings. The second kappa shape index (κ2) is 8.94. The predicted molar refractivity (Wildman–Crippen MR) is 83.7 cm³/mol. The summed E-state index contributed by atoms with van der Waals surface area (Å²) in [4.78, 5) is 14.0. The number of nitrogens with zero attached hydrogens (tertiary/aromatic N) is 3. The van der Waals surface area contributed by atoms with Crippen molar-refractivity contribution in [3.8, 4) is 0 Å². The highest BCUT2D eigenvalue weighted by Crippen LogP contribution is 2.14. The number of hydrogen-bond acceptors (Lipinski definition) is 5. The van der Waals surface area contributed by atoms with Crippen LogP contribution in [0, 0.1) is 0 Å². The Morgan fingerprint density at radius 2 is 2.10 bits per heavy atom. The summed E-state index contributed by atoms with van der Waals surface area (Å²) in [5, 5.41) is 10.7. The molecule has 1 aromatic heterocycles. The van der Waals surface area contributed by atoms with Gasteiger partial charge in [-0.3, -0.25) is 4.79 Å². The molecular weight excluding hydrogens is 278 g/mol. The minimum atomic E-state index is -0.250. The van der Waals surface area contributed by atoms with Crippen LogP contribution in [0.15, 0.2) is 11.0 Å². The fourth-order valence-electron chi connectivity index (χ4n) is 1.63. The molecule has 1 rings (SSSR count). The average molecular weight is 302 g/mol. The van der Waals surface area contributed by atoms with Gasteiger partial charge in [0.2, 0.25) is 0 Å². The highest BCUT2D eigenvalue weighted by atomic mass is 35.5. The summed E-state index contributed by atoms with van der Waals surface area (Å²) in [5.41, 5.74) is 0.344. The largest absolute Gasteiger partial charge is 0.381 e. The molecule has 1 aromatic rings. The maximum absolute atomic E-state index is 12.0. The van der Waals surface area contributed by atoms with Crippen molar-refractivity contribution in [2.75, 3.05) is 45.6 Å². The van der Waals surface area contributed by atoms with Gasteiger partial charge in [0.1, 0.15) is 5.02 Å².